The molecule has 4 heteroatoms. The summed E-state index contributed by atoms with van der Waals surface area (Å²) in [7, 11) is 0. The van der Waals surface area contributed by atoms with Crippen LogP contribution in [0.3, 0.4) is 0 Å². The molecule has 0 aliphatic rings. The fraction of sp³-hybridized carbons (Fsp3) is 0.250. The van der Waals surface area contributed by atoms with Crippen LogP contribution in [-0.4, -0.2) is 11.2 Å². The van der Waals surface area contributed by atoms with Crippen molar-refractivity contribution in [2.45, 2.75) is 39.0 Å². The summed E-state index contributed by atoms with van der Waals surface area (Å²) in [5.74, 6) is 0.882. The first-order valence-electron chi connectivity index (χ1n) is 9.30. The SMILES string of the molecule is Cc1cc([C@@H](N)[C@@H](O)Cc2ccccc2)cc(C)c1OCc1ccccc1.Cl. The molecule has 0 saturated carbocycles. The fourth-order valence-corrected chi connectivity index (χ4v) is 3.34. The van der Waals surface area contributed by atoms with Crippen molar-refractivity contribution in [1.82, 2.24) is 0 Å². The molecule has 0 bridgehead atoms. The van der Waals surface area contributed by atoms with Gasteiger partial charge in [-0.15, -0.1) is 12.4 Å². The van der Waals surface area contributed by atoms with E-state index in [9.17, 15) is 5.11 Å². The highest BCUT2D eigenvalue weighted by Gasteiger charge is 2.19. The van der Waals surface area contributed by atoms with Crippen molar-refractivity contribution in [2.75, 3.05) is 0 Å². The van der Waals surface area contributed by atoms with Crippen LogP contribution >= 0.6 is 12.4 Å². The van der Waals surface area contributed by atoms with Gasteiger partial charge in [0.05, 0.1) is 12.1 Å². The van der Waals surface area contributed by atoms with Gasteiger partial charge in [0.15, 0.2) is 0 Å². The quantitative estimate of drug-likeness (QED) is 0.595. The normalized spacial score (nSPS) is 12.7. The summed E-state index contributed by atoms with van der Waals surface area (Å²) < 4.78 is 6.04. The minimum Gasteiger partial charge on any atom is -0.488 e. The fourth-order valence-electron chi connectivity index (χ4n) is 3.34. The topological polar surface area (TPSA) is 55.5 Å². The summed E-state index contributed by atoms with van der Waals surface area (Å²) in [4.78, 5) is 0. The van der Waals surface area contributed by atoms with E-state index in [0.717, 1.165) is 33.6 Å². The second-order valence-electron chi connectivity index (χ2n) is 7.04. The molecule has 148 valence electrons. The van der Waals surface area contributed by atoms with Crippen LogP contribution in [0.2, 0.25) is 0 Å². The molecule has 0 saturated heterocycles. The van der Waals surface area contributed by atoms with Gasteiger partial charge in [-0.3, -0.25) is 0 Å². The highest BCUT2D eigenvalue weighted by atomic mass is 35.5. The number of rotatable bonds is 7. The van der Waals surface area contributed by atoms with Crippen molar-refractivity contribution in [3.05, 3.63) is 101 Å². The van der Waals surface area contributed by atoms with Crippen molar-refractivity contribution >= 4 is 12.4 Å². The first kappa shape index (κ1) is 22.0. The van der Waals surface area contributed by atoms with Gasteiger partial charge in [-0.05, 0) is 41.7 Å². The average Bonchev–Trinajstić information content (AvgIpc) is 2.68. The van der Waals surface area contributed by atoms with Gasteiger partial charge in [0.2, 0.25) is 0 Å². The van der Waals surface area contributed by atoms with Crippen molar-refractivity contribution in [3.8, 4) is 5.75 Å². The Bertz CT molecular complexity index is 845. The molecular formula is C24H28ClNO2. The zero-order valence-corrected chi connectivity index (χ0v) is 17.2. The van der Waals surface area contributed by atoms with Gasteiger partial charge in [0.1, 0.15) is 12.4 Å². The summed E-state index contributed by atoms with van der Waals surface area (Å²) in [5.41, 5.74) is 11.6. The lowest BCUT2D eigenvalue weighted by Gasteiger charge is -2.22. The number of aryl methyl sites for hydroxylation is 2. The Hall–Kier alpha value is -2.33. The van der Waals surface area contributed by atoms with Crippen LogP contribution in [-0.2, 0) is 13.0 Å². The van der Waals surface area contributed by atoms with Crippen molar-refractivity contribution in [3.63, 3.8) is 0 Å². The molecule has 3 N–H and O–H groups in total. The van der Waals surface area contributed by atoms with E-state index in [1.807, 2.05) is 74.5 Å². The maximum Gasteiger partial charge on any atom is 0.125 e. The zero-order chi connectivity index (χ0) is 19.2. The lowest BCUT2D eigenvalue weighted by atomic mass is 9.94. The van der Waals surface area contributed by atoms with Crippen LogP contribution in [0.4, 0.5) is 0 Å². The number of aliphatic hydroxyl groups excluding tert-OH is 1. The van der Waals surface area contributed by atoms with Gasteiger partial charge in [-0.25, -0.2) is 0 Å². The smallest absolute Gasteiger partial charge is 0.125 e. The summed E-state index contributed by atoms with van der Waals surface area (Å²) in [5, 5.41) is 10.6. The van der Waals surface area contributed by atoms with E-state index in [0.29, 0.717) is 13.0 Å². The molecule has 0 heterocycles. The number of halogens is 1. The van der Waals surface area contributed by atoms with Crippen molar-refractivity contribution in [2.24, 2.45) is 5.73 Å². The maximum absolute atomic E-state index is 10.6. The van der Waals surface area contributed by atoms with Crippen LogP contribution in [0.1, 0.15) is 33.9 Å². The van der Waals surface area contributed by atoms with Gasteiger partial charge in [-0.1, -0.05) is 72.8 Å². The Morgan fingerprint density at radius 1 is 0.857 bits per heavy atom. The van der Waals surface area contributed by atoms with Gasteiger partial charge in [0, 0.05) is 6.42 Å². The third-order valence-electron chi connectivity index (χ3n) is 4.80. The van der Waals surface area contributed by atoms with E-state index in [4.69, 9.17) is 10.5 Å². The van der Waals surface area contributed by atoms with Crippen molar-refractivity contribution in [1.29, 1.82) is 0 Å². The minimum atomic E-state index is -0.637. The van der Waals surface area contributed by atoms with Crippen LogP contribution in [0, 0.1) is 13.8 Å². The van der Waals surface area contributed by atoms with Crippen LogP contribution in [0.25, 0.3) is 0 Å². The highest BCUT2D eigenvalue weighted by Crippen LogP contribution is 2.29. The Labute approximate surface area is 173 Å². The standard InChI is InChI=1S/C24H27NO2.ClH/c1-17-13-21(23(25)22(26)15-19-9-5-3-6-10-19)14-18(2)24(17)27-16-20-11-7-4-8-12-20;/h3-14,22-23,26H,15-16,25H2,1-2H3;1H/t22-,23+;/m0./s1. The summed E-state index contributed by atoms with van der Waals surface area (Å²) in [6, 6.07) is 23.6. The number of hydrogen-bond donors (Lipinski definition) is 2. The summed E-state index contributed by atoms with van der Waals surface area (Å²) in [6.45, 7) is 4.57. The molecular weight excluding hydrogens is 370 g/mol. The lowest BCUT2D eigenvalue weighted by Crippen LogP contribution is -2.28. The second-order valence-corrected chi connectivity index (χ2v) is 7.04. The first-order chi connectivity index (χ1) is 13.0. The largest absolute Gasteiger partial charge is 0.488 e. The summed E-state index contributed by atoms with van der Waals surface area (Å²) in [6.07, 6.45) is -0.103. The third kappa shape index (κ3) is 5.59. The van der Waals surface area contributed by atoms with Crippen molar-refractivity contribution < 1.29 is 9.84 Å². The Morgan fingerprint density at radius 2 is 1.36 bits per heavy atom. The molecule has 0 amide bonds. The van der Waals surface area contributed by atoms with Gasteiger partial charge < -0.3 is 15.6 Å². The highest BCUT2D eigenvalue weighted by molar-refractivity contribution is 5.85. The van der Waals surface area contributed by atoms with Gasteiger partial charge in [0.25, 0.3) is 0 Å². The molecule has 0 radical (unpaired) electrons. The van der Waals surface area contributed by atoms with Gasteiger partial charge in [-0.2, -0.15) is 0 Å². The van der Waals surface area contributed by atoms with Crippen LogP contribution in [0.5, 0.6) is 5.75 Å². The molecule has 0 fully saturated rings. The minimum absolute atomic E-state index is 0. The molecule has 3 aromatic rings. The number of nitrogens with two attached hydrogens (primary N) is 1. The molecule has 0 aliphatic carbocycles. The molecule has 28 heavy (non-hydrogen) atoms. The van der Waals surface area contributed by atoms with E-state index in [-0.39, 0.29) is 12.4 Å². The molecule has 0 aromatic heterocycles. The Morgan fingerprint density at radius 3 is 1.89 bits per heavy atom. The molecule has 3 rings (SSSR count). The summed E-state index contributed by atoms with van der Waals surface area (Å²) >= 11 is 0. The predicted octanol–water partition coefficient (Wildman–Crippen LogP) is 4.91. The Kier molecular flexibility index (Phi) is 8.06. The predicted molar refractivity (Wildman–Crippen MR) is 117 cm³/mol. The molecule has 3 nitrogen and oxygen atoms in total. The molecule has 0 aliphatic heterocycles. The molecule has 2 atom stereocenters. The number of ether oxygens (including phenoxy) is 1. The number of hydrogen-bond acceptors (Lipinski definition) is 3. The van der Waals surface area contributed by atoms with E-state index in [1.54, 1.807) is 0 Å². The maximum atomic E-state index is 10.6. The molecule has 0 spiro atoms. The molecule has 0 unspecified atom stereocenters. The van der Waals surface area contributed by atoms with Crippen LogP contribution < -0.4 is 10.5 Å². The average molecular weight is 398 g/mol. The van der Waals surface area contributed by atoms with E-state index >= 15 is 0 Å². The van der Waals surface area contributed by atoms with Gasteiger partial charge >= 0.3 is 0 Å². The number of aliphatic hydroxyl groups is 1. The van der Waals surface area contributed by atoms with E-state index in [2.05, 4.69) is 12.1 Å². The van der Waals surface area contributed by atoms with E-state index in [1.165, 1.54) is 0 Å². The number of benzene rings is 3. The third-order valence-corrected chi connectivity index (χ3v) is 4.80. The Balaban J connectivity index is 0.00000280. The van der Waals surface area contributed by atoms with E-state index < -0.39 is 12.1 Å². The van der Waals surface area contributed by atoms with Crippen LogP contribution in [0.15, 0.2) is 72.8 Å². The first-order valence-corrected chi connectivity index (χ1v) is 9.30. The zero-order valence-electron chi connectivity index (χ0n) is 16.3. The second kappa shape index (κ2) is 10.3. The molecule has 3 aromatic carbocycles. The monoisotopic (exact) mass is 397 g/mol. The lowest BCUT2D eigenvalue weighted by molar-refractivity contribution is 0.145.